The number of carbonyl (C=O) groups is 3. The predicted octanol–water partition coefficient (Wildman–Crippen LogP) is 1.70. The Morgan fingerprint density at radius 1 is 1.35 bits per heavy atom. The van der Waals surface area contributed by atoms with E-state index >= 15 is 0 Å². The molecule has 23 heavy (non-hydrogen) atoms. The van der Waals surface area contributed by atoms with Crippen molar-refractivity contribution in [1.29, 1.82) is 0 Å². The highest BCUT2D eigenvalue weighted by molar-refractivity contribution is 9.10. The molecule has 0 saturated carbocycles. The second kappa shape index (κ2) is 8.52. The molecule has 1 aromatic rings. The molecule has 0 aliphatic carbocycles. The number of imide groups is 1. The number of benzene rings is 1. The SMILES string of the molecule is O=C(CCCOc1cccc(Br)c1)OCC(=O)N1CCNC1=O. The van der Waals surface area contributed by atoms with Gasteiger partial charge < -0.3 is 14.8 Å². The fourth-order valence-electron chi connectivity index (χ4n) is 1.97. The van der Waals surface area contributed by atoms with Crippen LogP contribution in [0.1, 0.15) is 12.8 Å². The fraction of sp³-hybridized carbons (Fsp3) is 0.400. The van der Waals surface area contributed by atoms with Crippen LogP contribution >= 0.6 is 15.9 Å². The minimum atomic E-state index is -0.515. The lowest BCUT2D eigenvalue weighted by Crippen LogP contribution is -2.37. The largest absolute Gasteiger partial charge is 0.494 e. The van der Waals surface area contributed by atoms with E-state index in [1.807, 2.05) is 24.3 Å². The molecule has 0 unspecified atom stereocenters. The van der Waals surface area contributed by atoms with Crippen LogP contribution in [0.25, 0.3) is 0 Å². The van der Waals surface area contributed by atoms with Crippen molar-refractivity contribution in [1.82, 2.24) is 10.2 Å². The third-order valence-electron chi connectivity index (χ3n) is 3.10. The lowest BCUT2D eigenvalue weighted by Gasteiger charge is -2.12. The van der Waals surface area contributed by atoms with Gasteiger partial charge in [-0.25, -0.2) is 4.79 Å². The standard InChI is InChI=1S/C15H17BrN2O5/c16-11-3-1-4-12(9-11)22-8-2-5-14(20)23-10-13(19)18-7-6-17-15(18)21/h1,3-4,9H,2,5-8,10H2,(H,17,21). The summed E-state index contributed by atoms with van der Waals surface area (Å²) in [4.78, 5) is 35.5. The van der Waals surface area contributed by atoms with Crippen molar-refractivity contribution in [3.05, 3.63) is 28.7 Å². The molecule has 0 atom stereocenters. The Kier molecular flexibility index (Phi) is 6.40. The van der Waals surface area contributed by atoms with E-state index in [2.05, 4.69) is 21.2 Å². The summed E-state index contributed by atoms with van der Waals surface area (Å²) in [5.74, 6) is -0.294. The molecule has 1 saturated heterocycles. The highest BCUT2D eigenvalue weighted by atomic mass is 79.9. The zero-order valence-corrected chi connectivity index (χ0v) is 14.0. The summed E-state index contributed by atoms with van der Waals surface area (Å²) in [5.41, 5.74) is 0. The summed E-state index contributed by atoms with van der Waals surface area (Å²) in [6, 6.07) is 6.95. The Bertz CT molecular complexity index is 593. The van der Waals surface area contributed by atoms with Crippen molar-refractivity contribution in [2.45, 2.75) is 12.8 Å². The van der Waals surface area contributed by atoms with Gasteiger partial charge in [0.25, 0.3) is 5.91 Å². The van der Waals surface area contributed by atoms with Gasteiger partial charge in [0.1, 0.15) is 5.75 Å². The van der Waals surface area contributed by atoms with Gasteiger partial charge >= 0.3 is 12.0 Å². The minimum Gasteiger partial charge on any atom is -0.494 e. The Labute approximate surface area is 142 Å². The Balaban J connectivity index is 1.60. The molecular weight excluding hydrogens is 368 g/mol. The molecule has 0 radical (unpaired) electrons. The van der Waals surface area contributed by atoms with Gasteiger partial charge in [-0.05, 0) is 24.6 Å². The molecule has 1 N–H and O–H groups in total. The Morgan fingerprint density at radius 3 is 2.87 bits per heavy atom. The number of urea groups is 1. The lowest BCUT2D eigenvalue weighted by atomic mass is 10.3. The molecule has 0 bridgehead atoms. The first kappa shape index (κ1) is 17.3. The van der Waals surface area contributed by atoms with Gasteiger partial charge in [-0.2, -0.15) is 0 Å². The molecule has 1 aliphatic rings. The smallest absolute Gasteiger partial charge is 0.324 e. The van der Waals surface area contributed by atoms with E-state index in [-0.39, 0.29) is 6.42 Å². The molecular formula is C15H17BrN2O5. The van der Waals surface area contributed by atoms with Gasteiger partial charge in [0.15, 0.2) is 6.61 Å². The summed E-state index contributed by atoms with van der Waals surface area (Å²) < 4.78 is 11.3. The van der Waals surface area contributed by atoms with E-state index in [0.717, 1.165) is 9.37 Å². The van der Waals surface area contributed by atoms with Crippen LogP contribution in [0, 0.1) is 0 Å². The van der Waals surface area contributed by atoms with Gasteiger partial charge in [0.05, 0.1) is 6.61 Å². The number of ether oxygens (including phenoxy) is 2. The third-order valence-corrected chi connectivity index (χ3v) is 3.60. The minimum absolute atomic E-state index is 0.146. The van der Waals surface area contributed by atoms with Crippen LogP contribution < -0.4 is 10.1 Å². The van der Waals surface area contributed by atoms with Gasteiger partial charge in [-0.15, -0.1) is 0 Å². The maximum absolute atomic E-state index is 11.7. The van der Waals surface area contributed by atoms with Crippen LogP contribution in [0.5, 0.6) is 5.75 Å². The molecule has 124 valence electrons. The number of nitrogens with one attached hydrogen (secondary N) is 1. The van der Waals surface area contributed by atoms with Crippen molar-refractivity contribution in [3.8, 4) is 5.75 Å². The summed E-state index contributed by atoms with van der Waals surface area (Å²) in [6.45, 7) is 0.675. The van der Waals surface area contributed by atoms with Crippen molar-refractivity contribution >= 4 is 33.8 Å². The molecule has 3 amide bonds. The normalized spacial score (nSPS) is 13.6. The highest BCUT2D eigenvalue weighted by Gasteiger charge is 2.26. The summed E-state index contributed by atoms with van der Waals surface area (Å²) in [5, 5.41) is 2.51. The summed E-state index contributed by atoms with van der Waals surface area (Å²) in [6.07, 6.45) is 0.622. The van der Waals surface area contributed by atoms with Gasteiger partial charge in [-0.3, -0.25) is 14.5 Å². The third kappa shape index (κ3) is 5.55. The first-order chi connectivity index (χ1) is 11.1. The van der Waals surface area contributed by atoms with Crippen molar-refractivity contribution < 1.29 is 23.9 Å². The molecule has 8 heteroatoms. The monoisotopic (exact) mass is 384 g/mol. The van der Waals surface area contributed by atoms with E-state index < -0.39 is 24.5 Å². The highest BCUT2D eigenvalue weighted by Crippen LogP contribution is 2.17. The van der Waals surface area contributed by atoms with Crippen molar-refractivity contribution in [3.63, 3.8) is 0 Å². The van der Waals surface area contributed by atoms with E-state index in [1.54, 1.807) is 0 Å². The zero-order chi connectivity index (χ0) is 16.7. The molecule has 1 aromatic carbocycles. The Morgan fingerprint density at radius 2 is 2.17 bits per heavy atom. The number of nitrogens with zero attached hydrogens (tertiary/aromatic N) is 1. The number of hydrogen-bond donors (Lipinski definition) is 1. The van der Waals surface area contributed by atoms with Crippen LogP contribution in [0.15, 0.2) is 28.7 Å². The predicted molar refractivity (Wildman–Crippen MR) is 84.9 cm³/mol. The van der Waals surface area contributed by atoms with Crippen LogP contribution in [0.4, 0.5) is 4.79 Å². The van der Waals surface area contributed by atoms with Crippen LogP contribution in [0.3, 0.4) is 0 Å². The van der Waals surface area contributed by atoms with Gasteiger partial charge in [-0.1, -0.05) is 22.0 Å². The second-order valence-corrected chi connectivity index (χ2v) is 5.76. The molecule has 0 aromatic heterocycles. The number of halogens is 1. The van der Waals surface area contributed by atoms with Gasteiger partial charge in [0.2, 0.25) is 0 Å². The first-order valence-corrected chi connectivity index (χ1v) is 7.98. The maximum atomic E-state index is 11.7. The lowest BCUT2D eigenvalue weighted by molar-refractivity contribution is -0.150. The number of hydrogen-bond acceptors (Lipinski definition) is 5. The van der Waals surface area contributed by atoms with Crippen molar-refractivity contribution in [2.75, 3.05) is 26.3 Å². The maximum Gasteiger partial charge on any atom is 0.324 e. The van der Waals surface area contributed by atoms with Crippen LogP contribution in [0.2, 0.25) is 0 Å². The molecule has 0 spiro atoms. The molecule has 2 rings (SSSR count). The van der Waals surface area contributed by atoms with Crippen molar-refractivity contribution in [2.24, 2.45) is 0 Å². The fourth-order valence-corrected chi connectivity index (χ4v) is 2.34. The summed E-state index contributed by atoms with van der Waals surface area (Å²) >= 11 is 3.34. The van der Waals surface area contributed by atoms with Gasteiger partial charge in [0, 0.05) is 24.0 Å². The van der Waals surface area contributed by atoms with Crippen LogP contribution in [-0.2, 0) is 14.3 Å². The van der Waals surface area contributed by atoms with E-state index in [1.165, 1.54) is 0 Å². The molecule has 7 nitrogen and oxygen atoms in total. The molecule has 1 aliphatic heterocycles. The number of esters is 1. The zero-order valence-electron chi connectivity index (χ0n) is 12.4. The molecule has 1 fully saturated rings. The van der Waals surface area contributed by atoms with E-state index in [0.29, 0.717) is 31.9 Å². The number of amides is 3. The first-order valence-electron chi connectivity index (χ1n) is 7.18. The number of rotatable bonds is 7. The number of carbonyl (C=O) groups excluding carboxylic acids is 3. The topological polar surface area (TPSA) is 84.9 Å². The van der Waals surface area contributed by atoms with E-state index in [4.69, 9.17) is 9.47 Å². The summed E-state index contributed by atoms with van der Waals surface area (Å²) in [7, 11) is 0. The second-order valence-electron chi connectivity index (χ2n) is 4.85. The average Bonchev–Trinajstić information content (AvgIpc) is 2.95. The molecule has 1 heterocycles. The quantitative estimate of drug-likeness (QED) is 0.571. The average molecular weight is 385 g/mol. The Hall–Kier alpha value is -2.09. The van der Waals surface area contributed by atoms with E-state index in [9.17, 15) is 14.4 Å². The van der Waals surface area contributed by atoms with Crippen LogP contribution in [-0.4, -0.2) is 49.1 Å².